The van der Waals surface area contributed by atoms with Gasteiger partial charge < -0.3 is 14.7 Å². The molecule has 1 N–H and O–H groups in total. The monoisotopic (exact) mass is 270 g/mol. The second-order valence-electron chi connectivity index (χ2n) is 6.98. The maximum Gasteiger partial charge on any atom is 0.0793 e. The van der Waals surface area contributed by atoms with Gasteiger partial charge in [0.15, 0.2) is 0 Å². The lowest BCUT2D eigenvalue weighted by atomic mass is 9.99. The third kappa shape index (κ3) is 5.03. The van der Waals surface area contributed by atoms with Gasteiger partial charge >= 0.3 is 0 Å². The molecule has 2 heterocycles. The molecule has 0 radical (unpaired) electrons. The van der Waals surface area contributed by atoms with Gasteiger partial charge in [-0.15, -0.1) is 0 Å². The van der Waals surface area contributed by atoms with Crippen molar-refractivity contribution in [3.63, 3.8) is 0 Å². The molecule has 2 rings (SSSR count). The number of morpholine rings is 1. The van der Waals surface area contributed by atoms with Crippen molar-refractivity contribution in [3.8, 4) is 0 Å². The molecule has 4 nitrogen and oxygen atoms in total. The number of nitrogens with zero attached hydrogens (tertiary/aromatic N) is 2. The summed E-state index contributed by atoms with van der Waals surface area (Å²) in [4.78, 5) is 4.75. The van der Waals surface area contributed by atoms with Crippen LogP contribution < -0.4 is 0 Å². The molecule has 4 heteroatoms. The van der Waals surface area contributed by atoms with Crippen molar-refractivity contribution in [1.82, 2.24) is 9.80 Å². The fraction of sp³-hybridized carbons (Fsp3) is 1.00. The molecule has 1 unspecified atom stereocenters. The first kappa shape index (κ1) is 15.2. The lowest BCUT2D eigenvalue weighted by Gasteiger charge is -2.39. The van der Waals surface area contributed by atoms with Gasteiger partial charge in [0.05, 0.1) is 18.3 Å². The Hall–Kier alpha value is -0.160. The number of aliphatic hydroxyl groups is 1. The number of aliphatic hydroxyl groups excluding tert-OH is 1. The number of likely N-dealkylation sites (tertiary alicyclic amines) is 1. The number of hydrogen-bond donors (Lipinski definition) is 1. The summed E-state index contributed by atoms with van der Waals surface area (Å²) in [6, 6.07) is 0. The van der Waals surface area contributed by atoms with E-state index in [1.54, 1.807) is 0 Å². The van der Waals surface area contributed by atoms with Crippen LogP contribution in [0.4, 0.5) is 0 Å². The topological polar surface area (TPSA) is 35.9 Å². The summed E-state index contributed by atoms with van der Waals surface area (Å²) in [5.41, 5.74) is -0.0709. The number of piperidine rings is 1. The highest BCUT2D eigenvalue weighted by Gasteiger charge is 2.28. The molecule has 0 aliphatic carbocycles. The average molecular weight is 270 g/mol. The normalized spacial score (nSPS) is 28.4. The average Bonchev–Trinajstić information content (AvgIpc) is 2.30. The van der Waals surface area contributed by atoms with Gasteiger partial charge in [0, 0.05) is 26.2 Å². The molecule has 2 aliphatic heterocycles. The smallest absolute Gasteiger partial charge is 0.0793 e. The molecular weight excluding hydrogens is 240 g/mol. The van der Waals surface area contributed by atoms with Gasteiger partial charge in [-0.2, -0.15) is 0 Å². The molecule has 0 spiro atoms. The van der Waals surface area contributed by atoms with E-state index in [9.17, 15) is 5.11 Å². The predicted molar refractivity (Wildman–Crippen MR) is 77.3 cm³/mol. The first-order chi connectivity index (χ1) is 8.94. The summed E-state index contributed by atoms with van der Waals surface area (Å²) >= 11 is 0. The van der Waals surface area contributed by atoms with Crippen LogP contribution in [0.1, 0.15) is 33.6 Å². The maximum atomic E-state index is 10.3. The first-order valence-electron chi connectivity index (χ1n) is 7.71. The zero-order valence-corrected chi connectivity index (χ0v) is 12.8. The molecule has 0 aromatic rings. The van der Waals surface area contributed by atoms with E-state index in [2.05, 4.69) is 30.6 Å². The Morgan fingerprint density at radius 1 is 1.16 bits per heavy atom. The van der Waals surface area contributed by atoms with Gasteiger partial charge in [0.2, 0.25) is 0 Å². The lowest BCUT2D eigenvalue weighted by Crippen LogP contribution is -2.51. The number of rotatable bonds is 4. The summed E-state index contributed by atoms with van der Waals surface area (Å²) in [6.45, 7) is 13.1. The van der Waals surface area contributed by atoms with Crippen LogP contribution in [0, 0.1) is 5.92 Å². The van der Waals surface area contributed by atoms with E-state index >= 15 is 0 Å². The summed E-state index contributed by atoms with van der Waals surface area (Å²) in [6.07, 6.45) is 2.32. The maximum absolute atomic E-state index is 10.3. The highest BCUT2D eigenvalue weighted by Crippen LogP contribution is 2.18. The molecule has 2 fully saturated rings. The zero-order valence-electron chi connectivity index (χ0n) is 12.8. The molecule has 2 aliphatic rings. The Kier molecular flexibility index (Phi) is 5.23. The lowest BCUT2D eigenvalue weighted by molar-refractivity contribution is -0.0944. The van der Waals surface area contributed by atoms with E-state index in [0.29, 0.717) is 0 Å². The molecule has 19 heavy (non-hydrogen) atoms. The largest absolute Gasteiger partial charge is 0.390 e. The molecule has 0 aromatic carbocycles. The predicted octanol–water partition coefficient (Wildman–Crippen LogP) is 1.19. The van der Waals surface area contributed by atoms with Crippen LogP contribution in [0.3, 0.4) is 0 Å². The summed E-state index contributed by atoms with van der Waals surface area (Å²) in [5.74, 6) is 0.855. The van der Waals surface area contributed by atoms with Crippen molar-refractivity contribution in [2.45, 2.75) is 45.3 Å². The molecule has 0 saturated carbocycles. The summed E-state index contributed by atoms with van der Waals surface area (Å²) in [5, 5.41) is 10.3. The third-order valence-corrected chi connectivity index (χ3v) is 4.32. The molecule has 0 bridgehead atoms. The fourth-order valence-corrected chi connectivity index (χ4v) is 3.17. The van der Waals surface area contributed by atoms with Crippen LogP contribution in [-0.4, -0.2) is 72.5 Å². The highest BCUT2D eigenvalue weighted by molar-refractivity contribution is 4.81. The van der Waals surface area contributed by atoms with Crippen molar-refractivity contribution in [1.29, 1.82) is 0 Å². The van der Waals surface area contributed by atoms with Gasteiger partial charge in [0.25, 0.3) is 0 Å². The van der Waals surface area contributed by atoms with E-state index in [1.165, 1.54) is 12.8 Å². The fourth-order valence-electron chi connectivity index (χ4n) is 3.17. The van der Waals surface area contributed by atoms with Gasteiger partial charge in [0.1, 0.15) is 0 Å². The SMILES string of the molecule is CC1CCN(CC(O)CN2CCOC(C)(C)C2)CC1. The highest BCUT2D eigenvalue weighted by atomic mass is 16.5. The van der Waals surface area contributed by atoms with Gasteiger partial charge in [-0.05, 0) is 45.7 Å². The van der Waals surface area contributed by atoms with Gasteiger partial charge in [-0.1, -0.05) is 6.92 Å². The molecule has 0 aromatic heterocycles. The minimum Gasteiger partial charge on any atom is -0.390 e. The number of ether oxygens (including phenoxy) is 1. The van der Waals surface area contributed by atoms with E-state index in [1.807, 2.05) is 0 Å². The van der Waals surface area contributed by atoms with Gasteiger partial charge in [-0.25, -0.2) is 0 Å². The first-order valence-corrected chi connectivity index (χ1v) is 7.71. The molecular formula is C15H30N2O2. The Labute approximate surface area is 117 Å². The summed E-state index contributed by atoms with van der Waals surface area (Å²) in [7, 11) is 0. The molecule has 112 valence electrons. The van der Waals surface area contributed by atoms with Crippen LogP contribution >= 0.6 is 0 Å². The van der Waals surface area contributed by atoms with E-state index in [4.69, 9.17) is 4.74 Å². The van der Waals surface area contributed by atoms with Crippen LogP contribution in [0.15, 0.2) is 0 Å². The van der Waals surface area contributed by atoms with Crippen molar-refractivity contribution in [2.24, 2.45) is 5.92 Å². The van der Waals surface area contributed by atoms with Crippen LogP contribution in [0.2, 0.25) is 0 Å². The standard InChI is InChI=1S/C15H30N2O2/c1-13-4-6-16(7-5-13)10-14(18)11-17-8-9-19-15(2,3)12-17/h13-14,18H,4-12H2,1-3H3. The molecule has 1 atom stereocenters. The molecule has 2 saturated heterocycles. The minimum atomic E-state index is -0.234. The summed E-state index contributed by atoms with van der Waals surface area (Å²) < 4.78 is 5.71. The zero-order chi connectivity index (χ0) is 13.9. The Bertz CT molecular complexity index is 275. The van der Waals surface area contributed by atoms with Crippen molar-refractivity contribution in [2.75, 3.05) is 45.9 Å². The quantitative estimate of drug-likeness (QED) is 0.832. The van der Waals surface area contributed by atoms with E-state index in [-0.39, 0.29) is 11.7 Å². The minimum absolute atomic E-state index is 0.0709. The van der Waals surface area contributed by atoms with Crippen LogP contribution in [0.5, 0.6) is 0 Å². The van der Waals surface area contributed by atoms with E-state index < -0.39 is 0 Å². The Balaban J connectivity index is 1.70. The van der Waals surface area contributed by atoms with Gasteiger partial charge in [-0.3, -0.25) is 4.90 Å². The van der Waals surface area contributed by atoms with Crippen LogP contribution in [0.25, 0.3) is 0 Å². The van der Waals surface area contributed by atoms with Crippen molar-refractivity contribution < 1.29 is 9.84 Å². The van der Waals surface area contributed by atoms with Crippen molar-refractivity contribution in [3.05, 3.63) is 0 Å². The Morgan fingerprint density at radius 3 is 2.42 bits per heavy atom. The Morgan fingerprint density at radius 2 is 1.79 bits per heavy atom. The second-order valence-corrected chi connectivity index (χ2v) is 6.98. The molecule has 0 amide bonds. The van der Waals surface area contributed by atoms with Crippen LogP contribution in [-0.2, 0) is 4.74 Å². The number of β-amino-alcohol motifs (C(OH)–C–C–N with tert-alkyl or cyclic N) is 1. The second kappa shape index (κ2) is 6.53. The number of hydrogen-bond acceptors (Lipinski definition) is 4. The van der Waals surface area contributed by atoms with E-state index in [0.717, 1.165) is 51.8 Å². The van der Waals surface area contributed by atoms with Crippen molar-refractivity contribution >= 4 is 0 Å². The third-order valence-electron chi connectivity index (χ3n) is 4.32.